The fraction of sp³-hybridized carbons (Fsp3) is 1.00. The van der Waals surface area contributed by atoms with Crippen LogP contribution in [0.25, 0.3) is 0 Å². The molecule has 0 bridgehead atoms. The summed E-state index contributed by atoms with van der Waals surface area (Å²) >= 11 is 1.62. The maximum atomic E-state index is 1.62. The Kier molecular flexibility index (Phi) is 0.720. The molecule has 0 heterocycles. The van der Waals surface area contributed by atoms with E-state index in [9.17, 15) is 0 Å². The monoisotopic (exact) mass is 250 g/mol. The van der Waals surface area contributed by atoms with Crippen molar-refractivity contribution in [3.63, 3.8) is 0 Å². The zero-order valence-corrected chi connectivity index (χ0v) is 5.92. The van der Waals surface area contributed by atoms with Gasteiger partial charge in [-0.25, -0.2) is 0 Å². The molecule has 22 valence electrons. The van der Waals surface area contributed by atoms with E-state index in [2.05, 4.69) is 0 Å². The van der Waals surface area contributed by atoms with E-state index in [1.54, 1.807) is 24.7 Å². The summed E-state index contributed by atoms with van der Waals surface area (Å²) < 4.78 is 1.19. The summed E-state index contributed by atoms with van der Waals surface area (Å²) in [4.78, 5) is 0. The Balaban J connectivity index is 2.17. The van der Waals surface area contributed by atoms with Gasteiger partial charge in [-0.05, 0) is 0 Å². The molecule has 1 saturated carbocycles. The minimum atomic E-state index is 1.19. The molecule has 1 aliphatic carbocycles. The molecular weight excluding hydrogens is 245 g/mol. The van der Waals surface area contributed by atoms with E-state index >= 15 is 0 Å². The molecule has 0 amide bonds. The molecule has 0 saturated heterocycles. The molecule has 0 aliphatic heterocycles. The molecule has 0 aromatic heterocycles. The Bertz CT molecular complexity index is 22.5. The second kappa shape index (κ2) is 0.933. The van der Waals surface area contributed by atoms with E-state index < -0.39 is 0 Å². The van der Waals surface area contributed by atoms with E-state index in [1.807, 2.05) is 0 Å². The van der Waals surface area contributed by atoms with Crippen molar-refractivity contribution in [1.29, 1.82) is 0 Å². The van der Waals surface area contributed by atoms with Crippen molar-refractivity contribution in [3.05, 3.63) is 0 Å². The summed E-state index contributed by atoms with van der Waals surface area (Å²) in [5.41, 5.74) is 0. The summed E-state index contributed by atoms with van der Waals surface area (Å²) in [5, 5.41) is 0. The SMILES string of the molecule is [Bi][CH]1CC1. The normalized spacial score (nSPS) is 26.2. The average molecular weight is 250 g/mol. The van der Waals surface area contributed by atoms with Gasteiger partial charge < -0.3 is 0 Å². The standard InChI is InChI=1S/C3H5.Bi/c1-2-3-1;/h1H,2-3H2;. The number of rotatable bonds is 0. The van der Waals surface area contributed by atoms with E-state index in [4.69, 9.17) is 0 Å². The molecule has 0 atom stereocenters. The summed E-state index contributed by atoms with van der Waals surface area (Å²) in [6.45, 7) is 0. The molecule has 0 aromatic carbocycles. The van der Waals surface area contributed by atoms with Crippen molar-refractivity contribution in [2.45, 2.75) is 16.5 Å². The average Bonchev–Trinajstić information content (AvgIpc) is 1.75. The predicted octanol–water partition coefficient (Wildman–Crippen LogP) is 0.737. The molecule has 0 nitrogen and oxygen atoms in total. The van der Waals surface area contributed by atoms with Crippen molar-refractivity contribution in [2.75, 3.05) is 0 Å². The maximum absolute atomic E-state index is 1.62. The molecule has 1 fully saturated rings. The summed E-state index contributed by atoms with van der Waals surface area (Å²) in [7, 11) is 0. The van der Waals surface area contributed by atoms with Gasteiger partial charge in [-0.15, -0.1) is 0 Å². The van der Waals surface area contributed by atoms with Crippen LogP contribution in [0.3, 0.4) is 0 Å². The van der Waals surface area contributed by atoms with E-state index in [0.29, 0.717) is 0 Å². The predicted molar refractivity (Wildman–Crippen MR) is 18.7 cm³/mol. The fourth-order valence-electron chi connectivity index (χ4n) is 0.0745. The second-order valence-corrected chi connectivity index (χ2v) is 4.07. The molecule has 2 radical (unpaired) electrons. The Hall–Kier alpha value is 0.883. The van der Waals surface area contributed by atoms with E-state index in [1.165, 1.54) is 16.5 Å². The van der Waals surface area contributed by atoms with Crippen LogP contribution in [0.4, 0.5) is 0 Å². The van der Waals surface area contributed by atoms with Gasteiger partial charge in [0, 0.05) is 0 Å². The van der Waals surface area contributed by atoms with Gasteiger partial charge in [0.15, 0.2) is 0 Å². The van der Waals surface area contributed by atoms with Gasteiger partial charge in [0.2, 0.25) is 0 Å². The molecule has 1 rings (SSSR count). The first kappa shape index (κ1) is 3.09. The quantitative estimate of drug-likeness (QED) is 0.556. The van der Waals surface area contributed by atoms with Crippen molar-refractivity contribution >= 4 is 24.7 Å². The van der Waals surface area contributed by atoms with Crippen molar-refractivity contribution in [2.24, 2.45) is 0 Å². The minimum absolute atomic E-state index is 1.19. The van der Waals surface area contributed by atoms with Gasteiger partial charge in [-0.1, -0.05) is 0 Å². The molecular formula is C3H5Bi. The van der Waals surface area contributed by atoms with Crippen LogP contribution in [-0.2, 0) is 0 Å². The van der Waals surface area contributed by atoms with Crippen LogP contribution in [0.5, 0.6) is 0 Å². The van der Waals surface area contributed by atoms with Gasteiger partial charge >= 0.3 is 41.2 Å². The summed E-state index contributed by atoms with van der Waals surface area (Å²) in [5.74, 6) is 0. The molecule has 4 heavy (non-hydrogen) atoms. The van der Waals surface area contributed by atoms with Gasteiger partial charge in [-0.3, -0.25) is 0 Å². The van der Waals surface area contributed by atoms with Crippen LogP contribution in [0.15, 0.2) is 0 Å². The van der Waals surface area contributed by atoms with Crippen molar-refractivity contribution in [1.82, 2.24) is 0 Å². The van der Waals surface area contributed by atoms with Crippen LogP contribution in [0.2, 0.25) is 3.63 Å². The third-order valence-corrected chi connectivity index (χ3v) is 2.55. The van der Waals surface area contributed by atoms with Gasteiger partial charge in [0.25, 0.3) is 0 Å². The molecule has 0 spiro atoms. The van der Waals surface area contributed by atoms with E-state index in [-0.39, 0.29) is 0 Å². The van der Waals surface area contributed by atoms with E-state index in [0.717, 1.165) is 0 Å². The van der Waals surface area contributed by atoms with Gasteiger partial charge in [-0.2, -0.15) is 0 Å². The second-order valence-electron chi connectivity index (χ2n) is 1.23. The third kappa shape index (κ3) is 0.678. The van der Waals surface area contributed by atoms with Gasteiger partial charge in [0.05, 0.1) is 0 Å². The third-order valence-electron chi connectivity index (χ3n) is 0.547. The van der Waals surface area contributed by atoms with Crippen LogP contribution < -0.4 is 0 Å². The molecule has 0 unspecified atom stereocenters. The molecule has 0 N–H and O–H groups in total. The molecule has 1 aliphatic rings. The Labute approximate surface area is 41.4 Å². The van der Waals surface area contributed by atoms with Crippen LogP contribution in [0, 0.1) is 0 Å². The summed E-state index contributed by atoms with van der Waals surface area (Å²) in [6.07, 6.45) is 3.07. The fourth-order valence-corrected chi connectivity index (χ4v) is 0.654. The van der Waals surface area contributed by atoms with Crippen molar-refractivity contribution in [3.8, 4) is 0 Å². The zero-order valence-electron chi connectivity index (χ0n) is 2.44. The first-order valence-corrected chi connectivity index (χ1v) is 3.58. The van der Waals surface area contributed by atoms with Crippen LogP contribution in [-0.4, -0.2) is 24.7 Å². The van der Waals surface area contributed by atoms with Crippen LogP contribution >= 0.6 is 0 Å². The zero-order chi connectivity index (χ0) is 2.99. The Morgan fingerprint density at radius 3 is 1.75 bits per heavy atom. The van der Waals surface area contributed by atoms with Crippen molar-refractivity contribution < 1.29 is 0 Å². The van der Waals surface area contributed by atoms with Crippen LogP contribution in [0.1, 0.15) is 12.8 Å². The molecule has 1 heteroatoms. The number of hydrogen-bond donors (Lipinski definition) is 0. The number of hydrogen-bond acceptors (Lipinski definition) is 0. The summed E-state index contributed by atoms with van der Waals surface area (Å²) in [6, 6.07) is 0. The first-order chi connectivity index (χ1) is 1.89. The molecule has 0 aromatic rings. The Morgan fingerprint density at radius 1 is 1.50 bits per heavy atom. The van der Waals surface area contributed by atoms with Gasteiger partial charge in [0.1, 0.15) is 0 Å². The first-order valence-electron chi connectivity index (χ1n) is 1.57. The topological polar surface area (TPSA) is 0 Å². The Morgan fingerprint density at radius 2 is 1.75 bits per heavy atom.